The molecule has 1 aromatic rings. The van der Waals surface area contributed by atoms with E-state index in [4.69, 9.17) is 5.73 Å². The molecule has 2 fully saturated rings. The van der Waals surface area contributed by atoms with Gasteiger partial charge in [0.25, 0.3) is 0 Å². The Kier molecular flexibility index (Phi) is 3.19. The van der Waals surface area contributed by atoms with Crippen molar-refractivity contribution in [1.29, 1.82) is 0 Å². The normalized spacial score (nSPS) is 30.7. The highest BCUT2D eigenvalue weighted by Gasteiger charge is 2.27. The molecule has 4 heteroatoms. The van der Waals surface area contributed by atoms with Crippen molar-refractivity contribution in [2.24, 2.45) is 11.7 Å². The first-order chi connectivity index (χ1) is 8.22. The lowest BCUT2D eigenvalue weighted by Crippen LogP contribution is -2.28. The van der Waals surface area contributed by atoms with Crippen LogP contribution in [0.1, 0.15) is 42.0 Å². The fraction of sp³-hybridized carbons (Fsp3) is 0.769. The van der Waals surface area contributed by atoms with E-state index in [0.717, 1.165) is 25.6 Å². The summed E-state index contributed by atoms with van der Waals surface area (Å²) in [5.74, 6) is 1.41. The third kappa shape index (κ3) is 2.39. The summed E-state index contributed by atoms with van der Waals surface area (Å²) < 4.78 is 0. The molecule has 2 atom stereocenters. The zero-order valence-corrected chi connectivity index (χ0v) is 11.2. The van der Waals surface area contributed by atoms with Crippen LogP contribution >= 0.6 is 11.3 Å². The Bertz CT molecular complexity index is 376. The van der Waals surface area contributed by atoms with Gasteiger partial charge in [-0.2, -0.15) is 0 Å². The summed E-state index contributed by atoms with van der Waals surface area (Å²) >= 11 is 1.91. The summed E-state index contributed by atoms with van der Waals surface area (Å²) in [6.45, 7) is 5.47. The number of nitrogens with zero attached hydrogens (tertiary/aromatic N) is 2. The molecule has 1 saturated heterocycles. The van der Waals surface area contributed by atoms with Gasteiger partial charge in [0.05, 0.1) is 5.01 Å². The van der Waals surface area contributed by atoms with Crippen LogP contribution in [0.25, 0.3) is 0 Å². The standard InChI is InChI=1S/C13H21N3S/c1-9-6-16(8-12(9)14)7-11-5-15-13(17-11)10-3-2-4-10/h5,9-10,12H,2-4,6-8,14H2,1H3. The van der Waals surface area contributed by atoms with Crippen molar-refractivity contribution in [2.45, 2.75) is 44.7 Å². The van der Waals surface area contributed by atoms with E-state index in [0.29, 0.717) is 12.0 Å². The molecule has 0 bridgehead atoms. The molecule has 1 aromatic heterocycles. The van der Waals surface area contributed by atoms with E-state index in [1.807, 2.05) is 11.3 Å². The first-order valence-corrected chi connectivity index (χ1v) is 7.46. The first kappa shape index (κ1) is 11.6. The number of hydrogen-bond acceptors (Lipinski definition) is 4. The van der Waals surface area contributed by atoms with Crippen molar-refractivity contribution >= 4 is 11.3 Å². The van der Waals surface area contributed by atoms with Gasteiger partial charge in [-0.15, -0.1) is 11.3 Å². The van der Waals surface area contributed by atoms with Gasteiger partial charge in [0.1, 0.15) is 0 Å². The molecule has 2 unspecified atom stereocenters. The van der Waals surface area contributed by atoms with Crippen LogP contribution in [0.4, 0.5) is 0 Å². The molecule has 17 heavy (non-hydrogen) atoms. The minimum absolute atomic E-state index is 0.356. The molecule has 0 spiro atoms. The van der Waals surface area contributed by atoms with Gasteiger partial charge in [0.2, 0.25) is 0 Å². The molecule has 1 aliphatic carbocycles. The smallest absolute Gasteiger partial charge is 0.0959 e. The lowest BCUT2D eigenvalue weighted by Gasteiger charge is -2.22. The quantitative estimate of drug-likeness (QED) is 0.895. The van der Waals surface area contributed by atoms with Gasteiger partial charge in [0, 0.05) is 42.7 Å². The molecule has 2 N–H and O–H groups in total. The van der Waals surface area contributed by atoms with Gasteiger partial charge in [0.15, 0.2) is 0 Å². The maximum Gasteiger partial charge on any atom is 0.0959 e. The van der Waals surface area contributed by atoms with Crippen LogP contribution < -0.4 is 5.73 Å². The van der Waals surface area contributed by atoms with Crippen molar-refractivity contribution in [3.8, 4) is 0 Å². The van der Waals surface area contributed by atoms with Crippen LogP contribution in [0, 0.1) is 5.92 Å². The van der Waals surface area contributed by atoms with Crippen LogP contribution in [0.3, 0.4) is 0 Å². The highest BCUT2D eigenvalue weighted by Crippen LogP contribution is 2.38. The van der Waals surface area contributed by atoms with Crippen LogP contribution in [0.2, 0.25) is 0 Å². The molecule has 3 nitrogen and oxygen atoms in total. The van der Waals surface area contributed by atoms with Crippen LogP contribution in [-0.2, 0) is 6.54 Å². The summed E-state index contributed by atoms with van der Waals surface area (Å²) in [6, 6.07) is 0.356. The number of rotatable bonds is 3. The van der Waals surface area contributed by atoms with Gasteiger partial charge in [-0.05, 0) is 18.8 Å². The predicted molar refractivity (Wildman–Crippen MR) is 71.1 cm³/mol. The van der Waals surface area contributed by atoms with Crippen molar-refractivity contribution in [1.82, 2.24) is 9.88 Å². The van der Waals surface area contributed by atoms with E-state index < -0.39 is 0 Å². The predicted octanol–water partition coefficient (Wildman–Crippen LogP) is 2.19. The molecule has 1 saturated carbocycles. The Hall–Kier alpha value is -0.450. The molecular weight excluding hydrogens is 230 g/mol. The van der Waals surface area contributed by atoms with E-state index in [1.165, 1.54) is 29.1 Å². The van der Waals surface area contributed by atoms with Gasteiger partial charge in [-0.25, -0.2) is 4.98 Å². The highest BCUT2D eigenvalue weighted by molar-refractivity contribution is 7.11. The third-order valence-corrected chi connectivity index (χ3v) is 5.30. The average Bonchev–Trinajstić information content (AvgIpc) is 2.74. The summed E-state index contributed by atoms with van der Waals surface area (Å²) in [7, 11) is 0. The Morgan fingerprint density at radius 2 is 2.29 bits per heavy atom. The van der Waals surface area contributed by atoms with Gasteiger partial charge in [-0.3, -0.25) is 4.90 Å². The van der Waals surface area contributed by atoms with E-state index >= 15 is 0 Å². The number of thiazole rings is 1. The topological polar surface area (TPSA) is 42.2 Å². The minimum Gasteiger partial charge on any atom is -0.326 e. The maximum atomic E-state index is 6.05. The molecule has 0 amide bonds. The Morgan fingerprint density at radius 3 is 2.88 bits per heavy atom. The van der Waals surface area contributed by atoms with Crippen molar-refractivity contribution in [2.75, 3.05) is 13.1 Å². The second kappa shape index (κ2) is 4.67. The molecule has 0 aromatic carbocycles. The van der Waals surface area contributed by atoms with E-state index in [1.54, 1.807) is 0 Å². The summed E-state index contributed by atoms with van der Waals surface area (Å²) in [5.41, 5.74) is 6.05. The summed E-state index contributed by atoms with van der Waals surface area (Å²) in [6.07, 6.45) is 6.15. The maximum absolute atomic E-state index is 6.05. The number of aromatic nitrogens is 1. The van der Waals surface area contributed by atoms with Gasteiger partial charge >= 0.3 is 0 Å². The number of hydrogen-bond donors (Lipinski definition) is 1. The Balaban J connectivity index is 1.59. The lowest BCUT2D eigenvalue weighted by molar-refractivity contribution is 0.321. The molecule has 1 aliphatic heterocycles. The Morgan fingerprint density at radius 1 is 1.47 bits per heavy atom. The largest absolute Gasteiger partial charge is 0.326 e. The Labute approximate surface area is 107 Å². The SMILES string of the molecule is CC1CN(Cc2cnc(C3CCC3)s2)CC1N. The molecule has 2 aliphatic rings. The first-order valence-electron chi connectivity index (χ1n) is 6.65. The van der Waals surface area contributed by atoms with Crippen molar-refractivity contribution in [3.63, 3.8) is 0 Å². The number of likely N-dealkylation sites (tertiary alicyclic amines) is 1. The fourth-order valence-electron chi connectivity index (χ4n) is 2.68. The van der Waals surface area contributed by atoms with Gasteiger partial charge in [-0.1, -0.05) is 13.3 Å². The molecule has 3 rings (SSSR count). The van der Waals surface area contributed by atoms with Crippen molar-refractivity contribution < 1.29 is 0 Å². The zero-order chi connectivity index (χ0) is 11.8. The van der Waals surface area contributed by atoms with E-state index in [9.17, 15) is 0 Å². The minimum atomic E-state index is 0.356. The highest BCUT2D eigenvalue weighted by atomic mass is 32.1. The van der Waals surface area contributed by atoms with E-state index in [-0.39, 0.29) is 0 Å². The molecule has 94 valence electrons. The molecular formula is C13H21N3S. The average molecular weight is 251 g/mol. The molecule has 0 radical (unpaired) electrons. The van der Waals surface area contributed by atoms with Gasteiger partial charge < -0.3 is 5.73 Å². The summed E-state index contributed by atoms with van der Waals surface area (Å²) in [5, 5.41) is 1.36. The zero-order valence-electron chi connectivity index (χ0n) is 10.4. The lowest BCUT2D eigenvalue weighted by atomic mass is 9.86. The van der Waals surface area contributed by atoms with Crippen LogP contribution in [-0.4, -0.2) is 29.0 Å². The monoisotopic (exact) mass is 251 g/mol. The summed E-state index contributed by atoms with van der Waals surface area (Å²) in [4.78, 5) is 8.45. The second-order valence-corrected chi connectivity index (χ2v) is 6.77. The van der Waals surface area contributed by atoms with E-state index in [2.05, 4.69) is 23.0 Å². The van der Waals surface area contributed by atoms with Crippen LogP contribution in [0.15, 0.2) is 6.20 Å². The van der Waals surface area contributed by atoms with Crippen molar-refractivity contribution in [3.05, 3.63) is 16.1 Å². The second-order valence-electron chi connectivity index (χ2n) is 5.63. The fourth-order valence-corrected chi connectivity index (χ4v) is 3.81. The molecule has 2 heterocycles. The third-order valence-electron chi connectivity index (χ3n) is 4.15. The number of nitrogens with two attached hydrogens (primary N) is 1. The van der Waals surface area contributed by atoms with Crippen LogP contribution in [0.5, 0.6) is 0 Å².